The lowest BCUT2D eigenvalue weighted by Crippen LogP contribution is -2.20. The fourth-order valence-corrected chi connectivity index (χ4v) is 3.55. The van der Waals surface area contributed by atoms with Gasteiger partial charge in [-0.05, 0) is 18.6 Å². The number of sulfone groups is 1. The zero-order valence-electron chi connectivity index (χ0n) is 9.43. The molecular formula is C11H12ClNO4S. The van der Waals surface area contributed by atoms with Gasteiger partial charge in [0.25, 0.3) is 0 Å². The summed E-state index contributed by atoms with van der Waals surface area (Å²) >= 11 is 5.79. The van der Waals surface area contributed by atoms with Crippen molar-refractivity contribution in [1.82, 2.24) is 0 Å². The Morgan fingerprint density at radius 2 is 2.17 bits per heavy atom. The van der Waals surface area contributed by atoms with Gasteiger partial charge in [-0.3, -0.25) is 0 Å². The van der Waals surface area contributed by atoms with Crippen LogP contribution < -0.4 is 5.73 Å². The summed E-state index contributed by atoms with van der Waals surface area (Å²) in [6, 6.07) is 4.64. The zero-order chi connectivity index (χ0) is 13.3. The molecule has 2 N–H and O–H groups in total. The number of carbonyl (C=O) groups is 1. The monoisotopic (exact) mass is 289 g/mol. The van der Waals surface area contributed by atoms with E-state index in [9.17, 15) is 13.2 Å². The predicted octanol–water partition coefficient (Wildman–Crippen LogP) is 1.27. The number of carbonyl (C=O) groups excluding carboxylic acids is 1. The summed E-state index contributed by atoms with van der Waals surface area (Å²) in [5.41, 5.74) is 5.96. The number of esters is 1. The Morgan fingerprint density at radius 1 is 1.44 bits per heavy atom. The van der Waals surface area contributed by atoms with Gasteiger partial charge in [-0.25, -0.2) is 13.2 Å². The molecule has 0 radical (unpaired) electrons. The van der Waals surface area contributed by atoms with Crippen LogP contribution in [0.4, 0.5) is 5.69 Å². The molecule has 0 amide bonds. The normalized spacial score (nSPS) is 21.7. The average molecular weight is 290 g/mol. The molecule has 5 nitrogen and oxygen atoms in total. The number of hydrogen-bond donors (Lipinski definition) is 1. The van der Waals surface area contributed by atoms with Gasteiger partial charge in [0.15, 0.2) is 9.84 Å². The first-order valence-electron chi connectivity index (χ1n) is 5.34. The van der Waals surface area contributed by atoms with E-state index in [1.165, 1.54) is 6.07 Å². The van der Waals surface area contributed by atoms with Crippen LogP contribution in [0.5, 0.6) is 0 Å². The summed E-state index contributed by atoms with van der Waals surface area (Å²) in [5.74, 6) is -0.716. The first-order chi connectivity index (χ1) is 8.39. The third kappa shape index (κ3) is 2.76. The zero-order valence-corrected chi connectivity index (χ0v) is 11.0. The van der Waals surface area contributed by atoms with Crippen LogP contribution in [0.25, 0.3) is 0 Å². The molecule has 1 aliphatic rings. The lowest BCUT2D eigenvalue weighted by Gasteiger charge is -2.11. The molecule has 1 fully saturated rings. The molecule has 0 aliphatic carbocycles. The van der Waals surface area contributed by atoms with E-state index in [1.54, 1.807) is 12.1 Å². The summed E-state index contributed by atoms with van der Waals surface area (Å²) in [7, 11) is -3.08. The van der Waals surface area contributed by atoms with Crippen molar-refractivity contribution in [3.63, 3.8) is 0 Å². The lowest BCUT2D eigenvalue weighted by atomic mass is 10.2. The van der Waals surface area contributed by atoms with Crippen LogP contribution in [0, 0.1) is 0 Å². The van der Waals surface area contributed by atoms with E-state index in [4.69, 9.17) is 22.1 Å². The van der Waals surface area contributed by atoms with Gasteiger partial charge >= 0.3 is 5.97 Å². The Kier molecular flexibility index (Phi) is 3.49. The second kappa shape index (κ2) is 4.78. The highest BCUT2D eigenvalue weighted by Gasteiger charge is 2.31. The van der Waals surface area contributed by atoms with Crippen LogP contribution in [0.2, 0.25) is 5.02 Å². The summed E-state index contributed by atoms with van der Waals surface area (Å²) in [6.45, 7) is 0. The van der Waals surface area contributed by atoms with E-state index in [0.717, 1.165) is 0 Å². The van der Waals surface area contributed by atoms with Gasteiger partial charge in [-0.2, -0.15) is 0 Å². The lowest BCUT2D eigenvalue weighted by molar-refractivity contribution is 0.0357. The average Bonchev–Trinajstić information content (AvgIpc) is 2.62. The SMILES string of the molecule is Nc1c(Cl)cccc1C(=O)OC1CCS(=O)(=O)C1. The van der Waals surface area contributed by atoms with Crippen LogP contribution in [0.1, 0.15) is 16.8 Å². The van der Waals surface area contributed by atoms with Crippen LogP contribution in [-0.4, -0.2) is 32.0 Å². The molecule has 7 heteroatoms. The Balaban J connectivity index is 2.11. The smallest absolute Gasteiger partial charge is 0.340 e. The van der Waals surface area contributed by atoms with E-state index in [-0.39, 0.29) is 27.8 Å². The van der Waals surface area contributed by atoms with Crippen LogP contribution in [0.3, 0.4) is 0 Å². The van der Waals surface area contributed by atoms with Gasteiger partial charge in [-0.15, -0.1) is 0 Å². The van der Waals surface area contributed by atoms with Gasteiger partial charge in [-0.1, -0.05) is 17.7 Å². The van der Waals surface area contributed by atoms with E-state index >= 15 is 0 Å². The van der Waals surface area contributed by atoms with Crippen LogP contribution >= 0.6 is 11.6 Å². The number of benzene rings is 1. The predicted molar refractivity (Wildman–Crippen MR) is 68.3 cm³/mol. The largest absolute Gasteiger partial charge is 0.458 e. The summed E-state index contributed by atoms with van der Waals surface area (Å²) < 4.78 is 27.6. The van der Waals surface area contributed by atoms with Crippen molar-refractivity contribution in [2.24, 2.45) is 0 Å². The molecule has 0 saturated carbocycles. The first-order valence-corrected chi connectivity index (χ1v) is 7.54. The second-order valence-electron chi connectivity index (χ2n) is 4.13. The molecule has 1 heterocycles. The van der Waals surface area contributed by atoms with Crippen molar-refractivity contribution in [2.75, 3.05) is 17.2 Å². The van der Waals surface area contributed by atoms with E-state index < -0.39 is 21.9 Å². The molecule has 0 bridgehead atoms. The number of ether oxygens (including phenoxy) is 1. The summed E-state index contributed by atoms with van der Waals surface area (Å²) in [4.78, 5) is 11.8. The highest BCUT2D eigenvalue weighted by Crippen LogP contribution is 2.24. The number of rotatable bonds is 2. The van der Waals surface area contributed by atoms with Gasteiger partial charge < -0.3 is 10.5 Å². The maximum Gasteiger partial charge on any atom is 0.340 e. The van der Waals surface area contributed by atoms with E-state index in [2.05, 4.69) is 0 Å². The van der Waals surface area contributed by atoms with Gasteiger partial charge in [0.05, 0.1) is 27.8 Å². The number of nitrogen functional groups attached to an aromatic ring is 1. The molecule has 18 heavy (non-hydrogen) atoms. The molecule has 1 aromatic carbocycles. The standard InChI is InChI=1S/C11H12ClNO4S/c12-9-3-1-2-8(10(9)13)11(14)17-7-4-5-18(15,16)6-7/h1-3,7H,4-6,13H2. The second-order valence-corrected chi connectivity index (χ2v) is 6.77. The highest BCUT2D eigenvalue weighted by atomic mass is 35.5. The Hall–Kier alpha value is -1.27. The first kappa shape index (κ1) is 13.2. The summed E-state index contributed by atoms with van der Waals surface area (Å²) in [6.07, 6.45) is -0.268. The van der Waals surface area contributed by atoms with Crippen molar-refractivity contribution in [1.29, 1.82) is 0 Å². The number of hydrogen-bond acceptors (Lipinski definition) is 5. The van der Waals surface area contributed by atoms with Crippen LogP contribution in [0.15, 0.2) is 18.2 Å². The molecule has 1 atom stereocenters. The number of para-hydroxylation sites is 1. The minimum Gasteiger partial charge on any atom is -0.458 e. The Labute approximate surface area is 110 Å². The molecule has 0 aromatic heterocycles. The summed E-state index contributed by atoms with van der Waals surface area (Å²) in [5, 5.41) is 0.267. The van der Waals surface area contributed by atoms with Gasteiger partial charge in [0.1, 0.15) is 6.10 Å². The third-order valence-corrected chi connectivity index (χ3v) is 4.80. The number of halogens is 1. The van der Waals surface area contributed by atoms with Crippen molar-refractivity contribution >= 4 is 33.1 Å². The van der Waals surface area contributed by atoms with Crippen molar-refractivity contribution in [3.8, 4) is 0 Å². The van der Waals surface area contributed by atoms with Crippen molar-refractivity contribution < 1.29 is 17.9 Å². The fourth-order valence-electron chi connectivity index (χ4n) is 1.78. The molecule has 1 aromatic rings. The molecule has 2 rings (SSSR count). The number of anilines is 1. The Bertz CT molecular complexity index is 585. The van der Waals surface area contributed by atoms with Crippen molar-refractivity contribution in [3.05, 3.63) is 28.8 Å². The third-order valence-electron chi connectivity index (χ3n) is 2.74. The molecule has 1 unspecified atom stereocenters. The van der Waals surface area contributed by atoms with Crippen LogP contribution in [-0.2, 0) is 14.6 Å². The molecule has 0 spiro atoms. The Morgan fingerprint density at radius 3 is 2.78 bits per heavy atom. The quantitative estimate of drug-likeness (QED) is 0.654. The maximum absolute atomic E-state index is 11.8. The van der Waals surface area contributed by atoms with E-state index in [1.807, 2.05) is 0 Å². The molecular weight excluding hydrogens is 278 g/mol. The minimum atomic E-state index is -3.08. The van der Waals surface area contributed by atoms with Crippen molar-refractivity contribution in [2.45, 2.75) is 12.5 Å². The number of nitrogens with two attached hydrogens (primary N) is 1. The molecule has 1 aliphatic heterocycles. The highest BCUT2D eigenvalue weighted by molar-refractivity contribution is 7.91. The topological polar surface area (TPSA) is 86.5 Å². The fraction of sp³-hybridized carbons (Fsp3) is 0.364. The molecule has 1 saturated heterocycles. The van der Waals surface area contributed by atoms with Gasteiger partial charge in [0.2, 0.25) is 0 Å². The minimum absolute atomic E-state index is 0.0516. The molecule has 98 valence electrons. The van der Waals surface area contributed by atoms with E-state index in [0.29, 0.717) is 6.42 Å². The maximum atomic E-state index is 11.8. The van der Waals surface area contributed by atoms with Gasteiger partial charge in [0, 0.05) is 0 Å².